The number of nitrogens with one attached hydrogen (secondary N) is 1. The van der Waals surface area contributed by atoms with Crippen LogP contribution in [0.4, 0.5) is 0 Å². The second-order valence-electron chi connectivity index (χ2n) is 5.09. The van der Waals surface area contributed by atoms with E-state index in [1.165, 1.54) is 32.7 Å². The van der Waals surface area contributed by atoms with E-state index in [-0.39, 0.29) is 0 Å². The van der Waals surface area contributed by atoms with Crippen molar-refractivity contribution < 1.29 is 0 Å². The Balaban J connectivity index is 2.05. The van der Waals surface area contributed by atoms with Gasteiger partial charge in [0.1, 0.15) is 0 Å². The Hall–Kier alpha value is -2.22. The molecule has 1 aromatic carbocycles. The molecule has 0 aliphatic carbocycles. The van der Waals surface area contributed by atoms with E-state index in [9.17, 15) is 0 Å². The fraction of sp³-hybridized carbons (Fsp3) is 0.176. The van der Waals surface area contributed by atoms with Gasteiger partial charge < -0.3 is 9.88 Å². The molecule has 0 amide bonds. The minimum Gasteiger partial charge on any atom is -0.353 e. The third-order valence-corrected chi connectivity index (χ3v) is 3.99. The van der Waals surface area contributed by atoms with Crippen LogP contribution >= 0.6 is 0 Å². The third kappa shape index (κ3) is 1.49. The van der Waals surface area contributed by atoms with Gasteiger partial charge in [-0.15, -0.1) is 0 Å². The highest BCUT2D eigenvalue weighted by molar-refractivity contribution is 5.83. The zero-order valence-corrected chi connectivity index (χ0v) is 11.0. The molecule has 0 saturated carbocycles. The summed E-state index contributed by atoms with van der Waals surface area (Å²) in [6.45, 7) is 3.15. The minimum absolute atomic E-state index is 0.956. The molecule has 0 saturated heterocycles. The van der Waals surface area contributed by atoms with E-state index in [0.29, 0.717) is 0 Å². The Morgan fingerprint density at radius 2 is 2.11 bits per heavy atom. The number of aromatic nitrogens is 1. The first kappa shape index (κ1) is 10.7. The highest BCUT2D eigenvalue weighted by atomic mass is 15.1. The quantitative estimate of drug-likeness (QED) is 0.820. The molecule has 0 fully saturated rings. The molecule has 0 atom stereocenters. The molecule has 2 aliphatic heterocycles. The summed E-state index contributed by atoms with van der Waals surface area (Å²) in [5.41, 5.74) is 3.89. The second-order valence-corrected chi connectivity index (χ2v) is 5.09. The first-order valence-corrected chi connectivity index (χ1v) is 6.83. The number of nitrogens with zero attached hydrogens (tertiary/aromatic N) is 1. The SMILES string of the molecule is CCC1=CN2CC=c3c([nH]c4ccccc34)=C2C=C1. The summed E-state index contributed by atoms with van der Waals surface area (Å²) in [5.74, 6) is 0. The lowest BCUT2D eigenvalue weighted by Gasteiger charge is -2.26. The first-order chi connectivity index (χ1) is 9.36. The molecule has 3 heterocycles. The van der Waals surface area contributed by atoms with Crippen LogP contribution in [0.1, 0.15) is 13.3 Å². The van der Waals surface area contributed by atoms with Crippen LogP contribution in [0.15, 0.2) is 48.2 Å². The average Bonchev–Trinajstić information content (AvgIpc) is 2.85. The van der Waals surface area contributed by atoms with Gasteiger partial charge in [0.15, 0.2) is 0 Å². The van der Waals surface area contributed by atoms with E-state index in [1.807, 2.05) is 0 Å². The molecular weight excluding hydrogens is 232 g/mol. The average molecular weight is 248 g/mol. The van der Waals surface area contributed by atoms with Crippen LogP contribution in [0.5, 0.6) is 0 Å². The van der Waals surface area contributed by atoms with E-state index in [4.69, 9.17) is 0 Å². The number of benzene rings is 1. The van der Waals surface area contributed by atoms with Crippen molar-refractivity contribution >= 4 is 22.7 Å². The minimum atomic E-state index is 0.956. The number of rotatable bonds is 1. The van der Waals surface area contributed by atoms with Gasteiger partial charge in [0.05, 0.1) is 11.0 Å². The fourth-order valence-corrected chi connectivity index (χ4v) is 2.95. The maximum absolute atomic E-state index is 3.56. The maximum Gasteiger partial charge on any atom is 0.0703 e. The lowest BCUT2D eigenvalue weighted by molar-refractivity contribution is 0.588. The molecule has 0 unspecified atom stereocenters. The van der Waals surface area contributed by atoms with Gasteiger partial charge in [-0.2, -0.15) is 0 Å². The van der Waals surface area contributed by atoms with E-state index >= 15 is 0 Å². The van der Waals surface area contributed by atoms with E-state index in [1.54, 1.807) is 0 Å². The van der Waals surface area contributed by atoms with E-state index in [0.717, 1.165) is 13.0 Å². The molecule has 0 spiro atoms. The maximum atomic E-state index is 3.56. The molecule has 2 aromatic rings. The highest BCUT2D eigenvalue weighted by Crippen LogP contribution is 2.20. The van der Waals surface area contributed by atoms with E-state index in [2.05, 4.69) is 65.5 Å². The Labute approximate surface area is 112 Å². The number of hydrogen-bond donors (Lipinski definition) is 1. The number of H-pyrrole nitrogens is 1. The van der Waals surface area contributed by atoms with Crippen LogP contribution in [-0.2, 0) is 0 Å². The summed E-state index contributed by atoms with van der Waals surface area (Å²) >= 11 is 0. The topological polar surface area (TPSA) is 19.0 Å². The summed E-state index contributed by atoms with van der Waals surface area (Å²) in [6, 6.07) is 8.52. The standard InChI is InChI=1S/C17H16N2/c1-2-12-7-8-16-17-14(9-10-19(16)11-12)13-5-3-4-6-15(13)18-17/h3-9,11,18H,2,10H2,1H3. The monoisotopic (exact) mass is 248 g/mol. The van der Waals surface area contributed by atoms with Gasteiger partial charge in [0.25, 0.3) is 0 Å². The molecule has 2 nitrogen and oxygen atoms in total. The summed E-state index contributed by atoms with van der Waals surface area (Å²) < 4.78 is 0. The van der Waals surface area contributed by atoms with Crippen LogP contribution in [-0.4, -0.2) is 16.4 Å². The van der Waals surface area contributed by atoms with Crippen LogP contribution in [0.3, 0.4) is 0 Å². The molecule has 1 aromatic heterocycles. The molecule has 0 bridgehead atoms. The molecule has 1 N–H and O–H groups in total. The molecule has 0 radical (unpaired) electrons. The summed E-state index contributed by atoms with van der Waals surface area (Å²) in [4.78, 5) is 5.89. The third-order valence-electron chi connectivity index (χ3n) is 3.99. The highest BCUT2D eigenvalue weighted by Gasteiger charge is 2.15. The number of hydrogen-bond acceptors (Lipinski definition) is 1. The molecule has 2 heteroatoms. The van der Waals surface area contributed by atoms with Crippen molar-refractivity contribution in [1.82, 2.24) is 9.88 Å². The molecule has 2 aliphatic rings. The van der Waals surface area contributed by atoms with Gasteiger partial charge in [0.2, 0.25) is 0 Å². The molecule has 19 heavy (non-hydrogen) atoms. The Bertz CT molecular complexity index is 834. The van der Waals surface area contributed by atoms with Crippen molar-refractivity contribution in [3.8, 4) is 0 Å². The lowest BCUT2D eigenvalue weighted by Crippen LogP contribution is -2.37. The van der Waals surface area contributed by atoms with Crippen molar-refractivity contribution in [3.05, 3.63) is 58.8 Å². The molecule has 94 valence electrons. The fourth-order valence-electron chi connectivity index (χ4n) is 2.95. The summed E-state index contributed by atoms with van der Waals surface area (Å²) in [5, 5.41) is 3.92. The van der Waals surface area contributed by atoms with Gasteiger partial charge in [-0.1, -0.05) is 37.3 Å². The van der Waals surface area contributed by atoms with Crippen LogP contribution in [0.2, 0.25) is 0 Å². The first-order valence-electron chi connectivity index (χ1n) is 6.83. The van der Waals surface area contributed by atoms with Crippen LogP contribution in [0, 0.1) is 0 Å². The van der Waals surface area contributed by atoms with Gasteiger partial charge in [-0.25, -0.2) is 0 Å². The lowest BCUT2D eigenvalue weighted by atomic mass is 10.1. The predicted octanol–water partition coefficient (Wildman–Crippen LogP) is 2.24. The van der Waals surface area contributed by atoms with Crippen molar-refractivity contribution in [3.63, 3.8) is 0 Å². The van der Waals surface area contributed by atoms with Gasteiger partial charge in [-0.05, 0) is 24.1 Å². The van der Waals surface area contributed by atoms with Crippen molar-refractivity contribution in [2.45, 2.75) is 13.3 Å². The molecular formula is C17H16N2. The van der Waals surface area contributed by atoms with Crippen molar-refractivity contribution in [1.29, 1.82) is 0 Å². The van der Waals surface area contributed by atoms with E-state index < -0.39 is 0 Å². The normalized spacial score (nSPS) is 17.0. The largest absolute Gasteiger partial charge is 0.353 e. The van der Waals surface area contributed by atoms with Crippen molar-refractivity contribution in [2.24, 2.45) is 0 Å². The number of para-hydroxylation sites is 1. The predicted molar refractivity (Wildman–Crippen MR) is 79.6 cm³/mol. The number of fused-ring (bicyclic) bond motifs is 4. The van der Waals surface area contributed by atoms with Gasteiger partial charge >= 0.3 is 0 Å². The van der Waals surface area contributed by atoms with Crippen molar-refractivity contribution in [2.75, 3.05) is 6.54 Å². The zero-order valence-electron chi connectivity index (χ0n) is 11.0. The number of allylic oxidation sites excluding steroid dienone is 2. The Morgan fingerprint density at radius 3 is 3.00 bits per heavy atom. The molecule has 4 rings (SSSR count). The summed E-state index contributed by atoms with van der Waals surface area (Å²) in [7, 11) is 0. The Morgan fingerprint density at radius 1 is 1.21 bits per heavy atom. The second kappa shape index (κ2) is 3.89. The van der Waals surface area contributed by atoms with Gasteiger partial charge in [-0.3, -0.25) is 0 Å². The number of aromatic amines is 1. The van der Waals surface area contributed by atoms with Crippen LogP contribution < -0.4 is 10.6 Å². The summed E-state index contributed by atoms with van der Waals surface area (Å²) in [6.07, 6.45) is 10.1. The Kier molecular flexibility index (Phi) is 2.18. The van der Waals surface area contributed by atoms with Crippen LogP contribution in [0.25, 0.3) is 22.7 Å². The van der Waals surface area contributed by atoms with Gasteiger partial charge in [0, 0.05) is 28.9 Å². The zero-order chi connectivity index (χ0) is 12.8. The smallest absolute Gasteiger partial charge is 0.0703 e.